The molecule has 6 heteroatoms. The van der Waals surface area contributed by atoms with E-state index in [4.69, 9.17) is 21.3 Å². The number of rotatable bonds is 5. The molecule has 1 aliphatic heterocycles. The van der Waals surface area contributed by atoms with E-state index in [1.807, 2.05) is 31.3 Å². The van der Waals surface area contributed by atoms with Crippen LogP contribution in [-0.2, 0) is 11.3 Å². The van der Waals surface area contributed by atoms with Crippen molar-refractivity contribution in [3.05, 3.63) is 34.9 Å². The SMILES string of the molecule is CCNC(=NCC1CN(C)CCO1)N(C)Cc1ccccc1Cl. The van der Waals surface area contributed by atoms with Crippen LogP contribution < -0.4 is 5.32 Å². The first-order chi connectivity index (χ1) is 11.1. The van der Waals surface area contributed by atoms with Gasteiger partial charge in [-0.15, -0.1) is 0 Å². The molecule has 1 fully saturated rings. The van der Waals surface area contributed by atoms with E-state index < -0.39 is 0 Å². The second-order valence-electron chi connectivity index (χ2n) is 5.90. The standard InChI is InChI=1S/C17H27ClN4O/c1-4-19-17(20-11-15-13-21(2)9-10-23-15)22(3)12-14-7-5-6-8-16(14)18/h5-8,15H,4,9-13H2,1-3H3,(H,19,20). The van der Waals surface area contributed by atoms with Crippen LogP contribution in [0.2, 0.25) is 5.02 Å². The molecule has 0 saturated carbocycles. The van der Waals surface area contributed by atoms with Crippen LogP contribution in [0.3, 0.4) is 0 Å². The van der Waals surface area contributed by atoms with Gasteiger partial charge < -0.3 is 19.9 Å². The Hall–Kier alpha value is -1.30. The fraction of sp³-hybridized carbons (Fsp3) is 0.588. The molecule has 1 atom stereocenters. The summed E-state index contributed by atoms with van der Waals surface area (Å²) in [5, 5.41) is 4.12. The molecule has 1 aromatic carbocycles. The van der Waals surface area contributed by atoms with Crippen molar-refractivity contribution in [1.82, 2.24) is 15.1 Å². The van der Waals surface area contributed by atoms with Gasteiger partial charge in [0.15, 0.2) is 5.96 Å². The molecule has 0 amide bonds. The van der Waals surface area contributed by atoms with Gasteiger partial charge in [-0.3, -0.25) is 4.99 Å². The molecule has 1 unspecified atom stereocenters. The monoisotopic (exact) mass is 338 g/mol. The van der Waals surface area contributed by atoms with Crippen LogP contribution in [0.4, 0.5) is 0 Å². The number of ether oxygens (including phenoxy) is 1. The van der Waals surface area contributed by atoms with Crippen molar-refractivity contribution >= 4 is 17.6 Å². The topological polar surface area (TPSA) is 40.1 Å². The van der Waals surface area contributed by atoms with Gasteiger partial charge in [0, 0.05) is 38.2 Å². The molecular weight excluding hydrogens is 312 g/mol. The zero-order valence-corrected chi connectivity index (χ0v) is 15.0. The predicted molar refractivity (Wildman–Crippen MR) is 96.1 cm³/mol. The van der Waals surface area contributed by atoms with Gasteiger partial charge in [-0.1, -0.05) is 29.8 Å². The summed E-state index contributed by atoms with van der Waals surface area (Å²) >= 11 is 6.25. The van der Waals surface area contributed by atoms with E-state index in [-0.39, 0.29) is 6.10 Å². The van der Waals surface area contributed by atoms with Crippen molar-refractivity contribution in [2.75, 3.05) is 46.9 Å². The van der Waals surface area contributed by atoms with Gasteiger partial charge in [-0.25, -0.2) is 0 Å². The molecule has 23 heavy (non-hydrogen) atoms. The normalized spacial score (nSPS) is 19.7. The summed E-state index contributed by atoms with van der Waals surface area (Å²) in [6.45, 7) is 6.99. The smallest absolute Gasteiger partial charge is 0.194 e. The maximum atomic E-state index is 6.25. The molecule has 1 saturated heterocycles. The Bertz CT molecular complexity index is 523. The van der Waals surface area contributed by atoms with Crippen molar-refractivity contribution in [3.8, 4) is 0 Å². The van der Waals surface area contributed by atoms with Gasteiger partial charge in [0.25, 0.3) is 0 Å². The van der Waals surface area contributed by atoms with E-state index in [0.717, 1.165) is 49.3 Å². The molecule has 1 aromatic rings. The first kappa shape index (κ1) is 18.0. The second-order valence-corrected chi connectivity index (χ2v) is 6.30. The van der Waals surface area contributed by atoms with Crippen LogP contribution in [0.15, 0.2) is 29.3 Å². The first-order valence-electron chi connectivity index (χ1n) is 8.13. The van der Waals surface area contributed by atoms with E-state index in [0.29, 0.717) is 6.54 Å². The molecule has 5 nitrogen and oxygen atoms in total. The van der Waals surface area contributed by atoms with E-state index in [1.165, 1.54) is 0 Å². The number of hydrogen-bond acceptors (Lipinski definition) is 3. The molecule has 2 rings (SSSR count). The third-order valence-corrected chi connectivity index (χ3v) is 4.22. The third-order valence-electron chi connectivity index (χ3n) is 3.85. The van der Waals surface area contributed by atoms with E-state index >= 15 is 0 Å². The Morgan fingerprint density at radius 1 is 1.48 bits per heavy atom. The Morgan fingerprint density at radius 2 is 2.26 bits per heavy atom. The number of guanidine groups is 1. The maximum Gasteiger partial charge on any atom is 0.194 e. The molecule has 1 heterocycles. The zero-order chi connectivity index (χ0) is 16.7. The molecule has 0 aliphatic carbocycles. The average molecular weight is 339 g/mol. The van der Waals surface area contributed by atoms with E-state index in [2.05, 4.69) is 29.1 Å². The minimum Gasteiger partial charge on any atom is -0.374 e. The number of aliphatic imine (C=N–C) groups is 1. The number of benzene rings is 1. The Labute approximate surface area is 144 Å². The number of nitrogens with one attached hydrogen (secondary N) is 1. The third kappa shape index (κ3) is 5.68. The maximum absolute atomic E-state index is 6.25. The summed E-state index contributed by atoms with van der Waals surface area (Å²) in [6, 6.07) is 7.91. The fourth-order valence-electron chi connectivity index (χ4n) is 2.59. The Morgan fingerprint density at radius 3 is 2.96 bits per heavy atom. The van der Waals surface area contributed by atoms with Gasteiger partial charge >= 0.3 is 0 Å². The number of morpholine rings is 1. The van der Waals surface area contributed by atoms with Gasteiger partial charge in [-0.2, -0.15) is 0 Å². The lowest BCUT2D eigenvalue weighted by molar-refractivity contribution is -0.0137. The minimum atomic E-state index is 0.163. The lowest BCUT2D eigenvalue weighted by Gasteiger charge is -2.29. The highest BCUT2D eigenvalue weighted by atomic mass is 35.5. The average Bonchev–Trinajstić information content (AvgIpc) is 2.53. The highest BCUT2D eigenvalue weighted by Crippen LogP contribution is 2.16. The van der Waals surface area contributed by atoms with E-state index in [9.17, 15) is 0 Å². The van der Waals surface area contributed by atoms with Crippen molar-refractivity contribution < 1.29 is 4.74 Å². The predicted octanol–water partition coefficient (Wildman–Crippen LogP) is 2.07. The van der Waals surface area contributed by atoms with Gasteiger partial charge in [-0.05, 0) is 25.6 Å². The van der Waals surface area contributed by atoms with Crippen LogP contribution >= 0.6 is 11.6 Å². The number of hydrogen-bond donors (Lipinski definition) is 1. The Kier molecular flexibility index (Phi) is 7.15. The molecule has 128 valence electrons. The van der Waals surface area contributed by atoms with Gasteiger partial charge in [0.05, 0.1) is 19.3 Å². The lowest BCUT2D eigenvalue weighted by Crippen LogP contribution is -2.43. The van der Waals surface area contributed by atoms with Crippen LogP contribution in [0.1, 0.15) is 12.5 Å². The summed E-state index contributed by atoms with van der Waals surface area (Å²) in [4.78, 5) is 9.11. The molecule has 1 N–H and O–H groups in total. The molecular formula is C17H27ClN4O. The fourth-order valence-corrected chi connectivity index (χ4v) is 2.79. The first-order valence-corrected chi connectivity index (χ1v) is 8.51. The van der Waals surface area contributed by atoms with E-state index in [1.54, 1.807) is 0 Å². The van der Waals surface area contributed by atoms with Crippen molar-refractivity contribution in [1.29, 1.82) is 0 Å². The van der Waals surface area contributed by atoms with Crippen molar-refractivity contribution in [3.63, 3.8) is 0 Å². The summed E-state index contributed by atoms with van der Waals surface area (Å²) in [5.74, 6) is 0.879. The number of likely N-dealkylation sites (N-methyl/N-ethyl adjacent to an activating group) is 1. The molecule has 0 aromatic heterocycles. The largest absolute Gasteiger partial charge is 0.374 e. The van der Waals surface area contributed by atoms with Crippen LogP contribution in [0.25, 0.3) is 0 Å². The number of nitrogens with zero attached hydrogens (tertiary/aromatic N) is 3. The van der Waals surface area contributed by atoms with Gasteiger partial charge in [0.1, 0.15) is 0 Å². The summed E-state index contributed by atoms with van der Waals surface area (Å²) < 4.78 is 5.78. The van der Waals surface area contributed by atoms with Crippen LogP contribution in [0, 0.1) is 0 Å². The highest BCUT2D eigenvalue weighted by molar-refractivity contribution is 6.31. The van der Waals surface area contributed by atoms with Crippen molar-refractivity contribution in [2.24, 2.45) is 4.99 Å². The zero-order valence-electron chi connectivity index (χ0n) is 14.3. The van der Waals surface area contributed by atoms with Crippen molar-refractivity contribution in [2.45, 2.75) is 19.6 Å². The highest BCUT2D eigenvalue weighted by Gasteiger charge is 2.18. The lowest BCUT2D eigenvalue weighted by atomic mass is 10.2. The van der Waals surface area contributed by atoms with Crippen LogP contribution in [-0.4, -0.2) is 68.7 Å². The summed E-state index contributed by atoms with van der Waals surface area (Å²) in [7, 11) is 4.15. The number of halogens is 1. The Balaban J connectivity index is 1.98. The molecule has 1 aliphatic rings. The minimum absolute atomic E-state index is 0.163. The summed E-state index contributed by atoms with van der Waals surface area (Å²) in [6.07, 6.45) is 0.163. The summed E-state index contributed by atoms with van der Waals surface area (Å²) in [5.41, 5.74) is 1.09. The quantitative estimate of drug-likeness (QED) is 0.659. The molecule has 0 spiro atoms. The van der Waals surface area contributed by atoms with Crippen LogP contribution in [0.5, 0.6) is 0 Å². The second kappa shape index (κ2) is 9.11. The van der Waals surface area contributed by atoms with Gasteiger partial charge in [0.2, 0.25) is 0 Å². The molecule has 0 bridgehead atoms. The molecule has 0 radical (unpaired) electrons.